The number of carbonyl (C=O) groups is 2. The molecule has 3 rings (SSSR count). The first kappa shape index (κ1) is 23.9. The van der Waals surface area contributed by atoms with Crippen LogP contribution in [0.15, 0.2) is 47.4 Å². The molecular weight excluding hydrogens is 433 g/mol. The number of sulfonamides is 1. The summed E-state index contributed by atoms with van der Waals surface area (Å²) in [4.78, 5) is 24.6. The summed E-state index contributed by atoms with van der Waals surface area (Å²) < 4.78 is 40.7. The van der Waals surface area contributed by atoms with Crippen molar-refractivity contribution in [2.45, 2.75) is 50.5 Å². The van der Waals surface area contributed by atoms with Crippen LogP contribution in [0.3, 0.4) is 0 Å². The summed E-state index contributed by atoms with van der Waals surface area (Å²) in [6.45, 7) is 4.23. The van der Waals surface area contributed by atoms with Crippen LogP contribution in [-0.4, -0.2) is 43.7 Å². The average Bonchev–Trinajstić information content (AvgIpc) is 2.76. The molecule has 1 atom stereocenters. The second-order valence-electron chi connectivity index (χ2n) is 7.98. The van der Waals surface area contributed by atoms with Gasteiger partial charge in [-0.3, -0.25) is 9.59 Å². The second kappa shape index (κ2) is 10.2. The number of aryl methyl sites for hydroxylation is 2. The number of nitrogens with one attached hydrogen (secondary N) is 2. The van der Waals surface area contributed by atoms with E-state index in [2.05, 4.69) is 10.6 Å². The first-order valence-corrected chi connectivity index (χ1v) is 12.1. The Bertz CT molecular complexity index is 1070. The number of anilines is 1. The highest BCUT2D eigenvalue weighted by Gasteiger charge is 2.33. The molecule has 2 amide bonds. The van der Waals surface area contributed by atoms with E-state index in [-0.39, 0.29) is 17.5 Å². The summed E-state index contributed by atoms with van der Waals surface area (Å²) >= 11 is 0. The fourth-order valence-corrected chi connectivity index (χ4v) is 5.66. The van der Waals surface area contributed by atoms with Crippen molar-refractivity contribution in [1.29, 1.82) is 0 Å². The van der Waals surface area contributed by atoms with E-state index in [9.17, 15) is 22.4 Å². The van der Waals surface area contributed by atoms with Crippen LogP contribution >= 0.6 is 0 Å². The monoisotopic (exact) mass is 461 g/mol. The molecule has 32 heavy (non-hydrogen) atoms. The van der Waals surface area contributed by atoms with E-state index in [1.807, 2.05) is 32.0 Å². The minimum atomic E-state index is -3.77. The van der Waals surface area contributed by atoms with Gasteiger partial charge in [0, 0.05) is 24.8 Å². The van der Waals surface area contributed by atoms with E-state index in [0.29, 0.717) is 25.1 Å². The Kier molecular flexibility index (Phi) is 7.63. The normalized spacial score (nSPS) is 17.0. The molecule has 172 valence electrons. The van der Waals surface area contributed by atoms with E-state index in [4.69, 9.17) is 0 Å². The third-order valence-electron chi connectivity index (χ3n) is 5.68. The van der Waals surface area contributed by atoms with Crippen LogP contribution in [0.4, 0.5) is 10.1 Å². The molecule has 2 aromatic carbocycles. The number of halogens is 1. The Labute approximate surface area is 188 Å². The highest BCUT2D eigenvalue weighted by molar-refractivity contribution is 7.89. The summed E-state index contributed by atoms with van der Waals surface area (Å²) in [5.41, 5.74) is 2.32. The van der Waals surface area contributed by atoms with Crippen LogP contribution < -0.4 is 10.6 Å². The Hall–Kier alpha value is -2.78. The molecule has 0 aliphatic carbocycles. The van der Waals surface area contributed by atoms with Crippen LogP contribution in [0.2, 0.25) is 0 Å². The molecule has 7 nitrogen and oxygen atoms in total. The molecule has 0 saturated carbocycles. The molecule has 2 aromatic rings. The molecule has 0 spiro atoms. The first-order valence-electron chi connectivity index (χ1n) is 10.6. The molecule has 0 aromatic heterocycles. The van der Waals surface area contributed by atoms with Crippen molar-refractivity contribution < 1.29 is 22.4 Å². The van der Waals surface area contributed by atoms with Gasteiger partial charge in [-0.25, -0.2) is 12.8 Å². The second-order valence-corrected chi connectivity index (χ2v) is 9.88. The summed E-state index contributed by atoms with van der Waals surface area (Å²) in [5, 5.41) is 5.22. The van der Waals surface area contributed by atoms with Gasteiger partial charge < -0.3 is 10.6 Å². The van der Waals surface area contributed by atoms with E-state index >= 15 is 0 Å². The fourth-order valence-electron chi connectivity index (χ4n) is 3.94. The van der Waals surface area contributed by atoms with Crippen molar-refractivity contribution >= 4 is 27.5 Å². The number of piperidine rings is 1. The number of amides is 2. The van der Waals surface area contributed by atoms with Gasteiger partial charge in [0.15, 0.2) is 0 Å². The molecule has 9 heteroatoms. The van der Waals surface area contributed by atoms with Crippen molar-refractivity contribution in [3.63, 3.8) is 0 Å². The summed E-state index contributed by atoms with van der Waals surface area (Å²) in [5.74, 6) is -2.03. The van der Waals surface area contributed by atoms with E-state index in [1.54, 1.807) is 0 Å². The molecule has 1 heterocycles. The maximum absolute atomic E-state index is 13.2. The largest absolute Gasteiger partial charge is 0.348 e. The minimum Gasteiger partial charge on any atom is -0.348 e. The van der Waals surface area contributed by atoms with Crippen molar-refractivity contribution in [2.75, 3.05) is 18.4 Å². The molecule has 2 N–H and O–H groups in total. The highest BCUT2D eigenvalue weighted by atomic mass is 32.2. The SMILES string of the molecule is Cc1cccc(C)c1NC(=O)C(=O)NCCC1CCCCN1S(=O)(=O)c1ccc(F)cc1. The van der Waals surface area contributed by atoms with Gasteiger partial charge in [0.2, 0.25) is 10.0 Å². The summed E-state index contributed by atoms with van der Waals surface area (Å²) in [7, 11) is -3.77. The standard InChI is InChI=1S/C23H28FN3O4S/c1-16-6-5-7-17(2)21(16)26-23(29)22(28)25-14-13-19-8-3-4-15-27(19)32(30,31)20-11-9-18(24)10-12-20/h5-7,9-12,19H,3-4,8,13-15H2,1-2H3,(H,25,28)(H,26,29). The van der Waals surface area contributed by atoms with Crippen molar-refractivity contribution in [3.05, 3.63) is 59.4 Å². The molecule has 1 aliphatic rings. The topological polar surface area (TPSA) is 95.6 Å². The van der Waals surface area contributed by atoms with Crippen LogP contribution in [-0.2, 0) is 19.6 Å². The Balaban J connectivity index is 1.59. The maximum Gasteiger partial charge on any atom is 0.313 e. The van der Waals surface area contributed by atoms with Crippen LogP contribution in [0.25, 0.3) is 0 Å². The average molecular weight is 462 g/mol. The van der Waals surface area contributed by atoms with Gasteiger partial charge in [-0.15, -0.1) is 0 Å². The molecule has 1 aliphatic heterocycles. The molecule has 0 radical (unpaired) electrons. The van der Waals surface area contributed by atoms with Gasteiger partial charge in [0.05, 0.1) is 4.90 Å². The third kappa shape index (κ3) is 5.52. The van der Waals surface area contributed by atoms with Crippen LogP contribution in [0.1, 0.15) is 36.8 Å². The minimum absolute atomic E-state index is 0.0443. The maximum atomic E-state index is 13.2. The van der Waals surface area contributed by atoms with Gasteiger partial charge in [0.1, 0.15) is 5.82 Å². The zero-order chi connectivity index (χ0) is 23.3. The number of nitrogens with zero attached hydrogens (tertiary/aromatic N) is 1. The summed E-state index contributed by atoms with van der Waals surface area (Å²) in [6.07, 6.45) is 2.65. The van der Waals surface area contributed by atoms with E-state index in [0.717, 1.165) is 36.1 Å². The number of hydrogen-bond donors (Lipinski definition) is 2. The van der Waals surface area contributed by atoms with E-state index in [1.165, 1.54) is 16.4 Å². The smallest absolute Gasteiger partial charge is 0.313 e. The lowest BCUT2D eigenvalue weighted by Crippen LogP contribution is -2.45. The zero-order valence-electron chi connectivity index (χ0n) is 18.2. The fraction of sp³-hybridized carbons (Fsp3) is 0.391. The molecule has 1 unspecified atom stereocenters. The van der Waals surface area contributed by atoms with Crippen molar-refractivity contribution in [2.24, 2.45) is 0 Å². The van der Waals surface area contributed by atoms with E-state index < -0.39 is 27.7 Å². The highest BCUT2D eigenvalue weighted by Crippen LogP contribution is 2.27. The summed E-state index contributed by atoms with van der Waals surface area (Å²) in [6, 6.07) is 10.0. The number of carbonyl (C=O) groups excluding carboxylic acids is 2. The van der Waals surface area contributed by atoms with Gasteiger partial charge >= 0.3 is 11.8 Å². The molecular formula is C23H28FN3O4S. The van der Waals surface area contributed by atoms with Crippen LogP contribution in [0, 0.1) is 19.7 Å². The number of benzene rings is 2. The Morgan fingerprint density at radius 1 is 1.03 bits per heavy atom. The lowest BCUT2D eigenvalue weighted by molar-refractivity contribution is -0.136. The predicted octanol–water partition coefficient (Wildman–Crippen LogP) is 3.13. The molecule has 1 fully saturated rings. The third-order valence-corrected chi connectivity index (χ3v) is 7.65. The Morgan fingerprint density at radius 3 is 2.34 bits per heavy atom. The number of hydrogen-bond acceptors (Lipinski definition) is 4. The van der Waals surface area contributed by atoms with Gasteiger partial charge in [-0.1, -0.05) is 24.6 Å². The zero-order valence-corrected chi connectivity index (χ0v) is 19.0. The number of para-hydroxylation sites is 1. The van der Waals surface area contributed by atoms with Crippen molar-refractivity contribution in [1.82, 2.24) is 9.62 Å². The first-order chi connectivity index (χ1) is 15.2. The van der Waals surface area contributed by atoms with Gasteiger partial charge in [0.25, 0.3) is 0 Å². The van der Waals surface area contributed by atoms with Gasteiger partial charge in [-0.05, 0) is 68.5 Å². The quantitative estimate of drug-likeness (QED) is 0.646. The van der Waals surface area contributed by atoms with Gasteiger partial charge in [-0.2, -0.15) is 4.31 Å². The van der Waals surface area contributed by atoms with Crippen molar-refractivity contribution in [3.8, 4) is 0 Å². The lowest BCUT2D eigenvalue weighted by Gasteiger charge is -2.34. The number of rotatable bonds is 6. The lowest BCUT2D eigenvalue weighted by atomic mass is 10.0. The predicted molar refractivity (Wildman–Crippen MR) is 120 cm³/mol. The molecule has 1 saturated heterocycles. The Morgan fingerprint density at radius 2 is 1.69 bits per heavy atom. The molecule has 0 bridgehead atoms. The van der Waals surface area contributed by atoms with Crippen LogP contribution in [0.5, 0.6) is 0 Å².